The number of benzene rings is 1. The zero-order chi connectivity index (χ0) is 24.7. The number of rotatable bonds is 7. The van der Waals surface area contributed by atoms with E-state index in [1.807, 2.05) is 0 Å². The molecular formula is C20H29F3N2O6SSi. The van der Waals surface area contributed by atoms with Crippen LogP contribution in [0.2, 0.25) is 0 Å². The quantitative estimate of drug-likeness (QED) is 0.246. The third-order valence-electron chi connectivity index (χ3n) is 5.47. The summed E-state index contributed by atoms with van der Waals surface area (Å²) in [4.78, 5) is 0. The molecule has 1 aliphatic rings. The molecule has 1 saturated carbocycles. The molecule has 33 heavy (non-hydrogen) atoms. The molecule has 0 bridgehead atoms. The smallest absolute Gasteiger partial charge is 0.536 e. The van der Waals surface area contributed by atoms with Crippen LogP contribution < -0.4 is 9.75 Å². The highest BCUT2D eigenvalue weighted by Gasteiger charge is 2.40. The van der Waals surface area contributed by atoms with E-state index in [4.69, 9.17) is 26.2 Å². The van der Waals surface area contributed by atoms with E-state index in [-0.39, 0.29) is 0 Å². The average Bonchev–Trinajstić information content (AvgIpc) is 3.25. The molecule has 0 amide bonds. The highest BCUT2D eigenvalue weighted by Crippen LogP contribution is 2.23. The first-order valence-corrected chi connectivity index (χ1v) is 13.4. The maximum Gasteiger partial charge on any atom is 0.536 e. The number of aromatic nitrogens is 2. The van der Waals surface area contributed by atoms with Gasteiger partial charge in [0, 0.05) is 26.5 Å². The molecule has 0 N–H and O–H groups in total. The van der Waals surface area contributed by atoms with Crippen molar-refractivity contribution in [2.75, 3.05) is 21.3 Å². The molecule has 0 saturated heterocycles. The first kappa shape index (κ1) is 27.5. The minimum Gasteiger partial charge on any atom is -0.741 e. The highest BCUT2D eigenvalue weighted by molar-refractivity contribution is 7.86. The lowest BCUT2D eigenvalue weighted by Gasteiger charge is -2.24. The summed E-state index contributed by atoms with van der Waals surface area (Å²) in [6, 6.07) is 9.03. The van der Waals surface area contributed by atoms with E-state index in [0.717, 1.165) is 11.7 Å². The summed E-state index contributed by atoms with van der Waals surface area (Å²) in [6.07, 6.45) is 13.3. The SMILES string of the molecule is CO[Si](OC)(OC)c1ccc(Cn2cc[n+](C3CCCCC3)c2)cc1.O=S(=O)([O-])C(F)(F)F. The van der Waals surface area contributed by atoms with Crippen molar-refractivity contribution in [2.24, 2.45) is 0 Å². The summed E-state index contributed by atoms with van der Waals surface area (Å²) < 4.78 is 80.1. The minimum atomic E-state index is -6.09. The first-order chi connectivity index (χ1) is 15.5. The highest BCUT2D eigenvalue weighted by atomic mass is 32.2. The zero-order valence-corrected chi connectivity index (χ0v) is 20.6. The molecule has 0 atom stereocenters. The predicted molar refractivity (Wildman–Crippen MR) is 114 cm³/mol. The second-order valence-corrected chi connectivity index (χ2v) is 11.9. The Hall–Kier alpha value is -1.77. The van der Waals surface area contributed by atoms with Gasteiger partial charge in [-0.05, 0) is 31.2 Å². The summed E-state index contributed by atoms with van der Waals surface area (Å²) in [6.45, 7) is 0.863. The normalized spacial score (nSPS) is 15.7. The molecule has 186 valence electrons. The standard InChI is InChI=1S/C19H29N2O3Si.CHF3O3S/c1-22-25(23-2,24-3)19-11-9-17(10-12-19)15-20-13-14-21(16-20)18-7-5-4-6-8-18;2-1(3,4)8(5,6)7/h9-14,16,18H,4-8,15H2,1-3H3;(H,5,6,7)/q+1;/p-1. The number of nitrogens with zero attached hydrogens (tertiary/aromatic N) is 2. The zero-order valence-electron chi connectivity index (χ0n) is 18.7. The predicted octanol–water partition coefficient (Wildman–Crippen LogP) is 2.47. The third kappa shape index (κ3) is 7.35. The lowest BCUT2D eigenvalue weighted by Crippen LogP contribution is -2.54. The second kappa shape index (κ2) is 11.6. The topological polar surface area (TPSA) is 93.7 Å². The van der Waals surface area contributed by atoms with Gasteiger partial charge in [0.25, 0.3) is 0 Å². The van der Waals surface area contributed by atoms with E-state index in [1.54, 1.807) is 21.3 Å². The van der Waals surface area contributed by atoms with Gasteiger partial charge in [-0.3, -0.25) is 0 Å². The first-order valence-electron chi connectivity index (χ1n) is 10.3. The van der Waals surface area contributed by atoms with Crippen LogP contribution in [0.5, 0.6) is 0 Å². The molecule has 3 rings (SSSR count). The van der Waals surface area contributed by atoms with Gasteiger partial charge in [-0.15, -0.1) is 0 Å². The minimum absolute atomic E-state index is 0.675. The van der Waals surface area contributed by atoms with Crippen molar-refractivity contribution in [2.45, 2.75) is 50.2 Å². The van der Waals surface area contributed by atoms with Crippen LogP contribution in [-0.2, 0) is 29.9 Å². The summed E-state index contributed by atoms with van der Waals surface area (Å²) in [7, 11) is -3.92. The largest absolute Gasteiger partial charge is 0.741 e. The maximum absolute atomic E-state index is 10.7. The van der Waals surface area contributed by atoms with Crippen molar-refractivity contribution >= 4 is 24.1 Å². The number of imidazole rings is 1. The van der Waals surface area contributed by atoms with E-state index in [1.165, 1.54) is 37.7 Å². The van der Waals surface area contributed by atoms with E-state index in [2.05, 4.69) is 52.1 Å². The molecule has 1 aromatic heterocycles. The second-order valence-electron chi connectivity index (χ2n) is 7.59. The Kier molecular flexibility index (Phi) is 9.64. The molecule has 0 unspecified atom stereocenters. The number of hydrogen-bond donors (Lipinski definition) is 0. The Bertz CT molecular complexity index is 964. The van der Waals surface area contributed by atoms with Crippen molar-refractivity contribution in [1.82, 2.24) is 4.57 Å². The van der Waals surface area contributed by atoms with Crippen LogP contribution in [0.3, 0.4) is 0 Å². The van der Waals surface area contributed by atoms with E-state index in [0.29, 0.717) is 6.04 Å². The van der Waals surface area contributed by atoms with Gasteiger partial charge in [0.15, 0.2) is 10.1 Å². The third-order valence-corrected chi connectivity index (χ3v) is 8.69. The molecular weight excluding hydrogens is 481 g/mol. The van der Waals surface area contributed by atoms with Gasteiger partial charge >= 0.3 is 14.3 Å². The van der Waals surface area contributed by atoms with E-state index in [9.17, 15) is 13.2 Å². The number of alkyl halides is 3. The van der Waals surface area contributed by atoms with Gasteiger partial charge in [-0.25, -0.2) is 17.6 Å². The van der Waals surface area contributed by atoms with Crippen molar-refractivity contribution in [3.8, 4) is 0 Å². The molecule has 1 fully saturated rings. The summed E-state index contributed by atoms with van der Waals surface area (Å²) in [5.74, 6) is 0. The van der Waals surface area contributed by atoms with Crippen molar-refractivity contribution in [3.63, 3.8) is 0 Å². The van der Waals surface area contributed by atoms with Gasteiger partial charge in [0.1, 0.15) is 25.0 Å². The molecule has 0 spiro atoms. The maximum atomic E-state index is 10.7. The molecule has 13 heteroatoms. The van der Waals surface area contributed by atoms with Gasteiger partial charge in [-0.1, -0.05) is 30.7 Å². The van der Waals surface area contributed by atoms with Crippen molar-refractivity contribution in [3.05, 3.63) is 48.5 Å². The van der Waals surface area contributed by atoms with Crippen LogP contribution in [0.4, 0.5) is 13.2 Å². The molecule has 1 aliphatic carbocycles. The van der Waals surface area contributed by atoms with Gasteiger partial charge < -0.3 is 17.8 Å². The molecule has 2 aromatic rings. The van der Waals surface area contributed by atoms with Gasteiger partial charge in [0.05, 0.1) is 0 Å². The van der Waals surface area contributed by atoms with Gasteiger partial charge in [0.2, 0.25) is 6.33 Å². The van der Waals surface area contributed by atoms with Crippen molar-refractivity contribution < 1.29 is 44.0 Å². The molecule has 0 radical (unpaired) electrons. The Morgan fingerprint density at radius 1 is 1.06 bits per heavy atom. The van der Waals surface area contributed by atoms with Crippen LogP contribution in [-0.4, -0.2) is 53.2 Å². The summed E-state index contributed by atoms with van der Waals surface area (Å²) in [5.41, 5.74) is -4.39. The number of halogens is 3. The molecule has 0 aliphatic heterocycles. The van der Waals surface area contributed by atoms with Crippen LogP contribution in [0, 0.1) is 0 Å². The molecule has 1 heterocycles. The molecule has 1 aromatic carbocycles. The Morgan fingerprint density at radius 2 is 1.58 bits per heavy atom. The van der Waals surface area contributed by atoms with Crippen LogP contribution in [0.1, 0.15) is 43.7 Å². The Balaban J connectivity index is 0.000000414. The van der Waals surface area contributed by atoms with Crippen molar-refractivity contribution in [1.29, 1.82) is 0 Å². The van der Waals surface area contributed by atoms with E-state index >= 15 is 0 Å². The fourth-order valence-corrected chi connectivity index (χ4v) is 5.51. The Morgan fingerprint density at radius 3 is 2.03 bits per heavy atom. The van der Waals surface area contributed by atoms with Crippen LogP contribution in [0.25, 0.3) is 0 Å². The average molecular weight is 511 g/mol. The summed E-state index contributed by atoms with van der Waals surface area (Å²) in [5, 5.41) is 0.980. The fraction of sp³-hybridized carbons (Fsp3) is 0.550. The van der Waals surface area contributed by atoms with E-state index < -0.39 is 24.4 Å². The lowest BCUT2D eigenvalue weighted by molar-refractivity contribution is -0.725. The fourth-order valence-electron chi connectivity index (χ4n) is 3.73. The lowest BCUT2D eigenvalue weighted by atomic mass is 9.95. The van der Waals surface area contributed by atoms with Gasteiger partial charge in [-0.2, -0.15) is 13.2 Å². The summed E-state index contributed by atoms with van der Waals surface area (Å²) >= 11 is 0. The monoisotopic (exact) mass is 510 g/mol. The molecule has 8 nitrogen and oxygen atoms in total. The Labute approximate surface area is 193 Å². The van der Waals surface area contributed by atoms with Crippen LogP contribution in [0.15, 0.2) is 43.0 Å². The van der Waals surface area contributed by atoms with Crippen LogP contribution >= 0.6 is 0 Å². The number of hydrogen-bond acceptors (Lipinski definition) is 6.